The first kappa shape index (κ1) is 12.7. The largest absolute Gasteiger partial charge is 0.333 e. The number of amides is 2. The molecule has 0 bridgehead atoms. The fraction of sp³-hybridized carbons (Fsp3) is 0.727. The van der Waals surface area contributed by atoms with Gasteiger partial charge in [0.2, 0.25) is 0 Å². The van der Waals surface area contributed by atoms with Gasteiger partial charge in [-0.3, -0.25) is 9.59 Å². The summed E-state index contributed by atoms with van der Waals surface area (Å²) in [5.74, 6) is -1.40. The van der Waals surface area contributed by atoms with Crippen molar-refractivity contribution in [2.24, 2.45) is 5.41 Å². The minimum atomic E-state index is -0.529. The van der Waals surface area contributed by atoms with Gasteiger partial charge in [0.05, 0.1) is 0 Å². The Hall–Kier alpha value is -1.39. The highest BCUT2D eigenvalue weighted by Gasteiger charge is 2.32. The number of nitrogens with zero attached hydrogens (tertiary/aromatic N) is 1. The predicted molar refractivity (Wildman–Crippen MR) is 55.9 cm³/mol. The average molecular weight is 227 g/mol. The van der Waals surface area contributed by atoms with Crippen molar-refractivity contribution in [2.75, 3.05) is 0 Å². The van der Waals surface area contributed by atoms with Gasteiger partial charge >= 0.3 is 5.97 Å². The Labute approximate surface area is 94.7 Å². The van der Waals surface area contributed by atoms with E-state index in [1.807, 2.05) is 20.8 Å². The molecular weight excluding hydrogens is 210 g/mol. The van der Waals surface area contributed by atoms with E-state index in [2.05, 4.69) is 0 Å². The van der Waals surface area contributed by atoms with Crippen molar-refractivity contribution in [3.8, 4) is 0 Å². The van der Waals surface area contributed by atoms with Gasteiger partial charge in [-0.1, -0.05) is 20.8 Å². The van der Waals surface area contributed by atoms with Gasteiger partial charge in [0.25, 0.3) is 11.8 Å². The summed E-state index contributed by atoms with van der Waals surface area (Å²) in [6, 6.07) is 0. The number of hydrogen-bond donors (Lipinski definition) is 0. The van der Waals surface area contributed by atoms with Crippen LogP contribution in [0.1, 0.15) is 46.5 Å². The minimum absolute atomic E-state index is 0.0258. The molecule has 0 aromatic carbocycles. The predicted octanol–water partition coefficient (Wildman–Crippen LogP) is 1.42. The van der Waals surface area contributed by atoms with Crippen LogP contribution in [0.15, 0.2) is 0 Å². The minimum Gasteiger partial charge on any atom is -0.330 e. The number of hydroxylamine groups is 2. The molecule has 1 rings (SSSR count). The van der Waals surface area contributed by atoms with Crippen LogP contribution in [0.3, 0.4) is 0 Å². The van der Waals surface area contributed by atoms with E-state index in [9.17, 15) is 14.4 Å². The Kier molecular flexibility index (Phi) is 3.67. The second kappa shape index (κ2) is 4.63. The Morgan fingerprint density at radius 2 is 1.75 bits per heavy atom. The molecule has 5 heteroatoms. The molecule has 5 nitrogen and oxygen atoms in total. The van der Waals surface area contributed by atoms with Crippen molar-refractivity contribution in [2.45, 2.75) is 46.5 Å². The maximum Gasteiger partial charge on any atom is 0.333 e. The van der Waals surface area contributed by atoms with Gasteiger partial charge in [-0.25, -0.2) is 4.79 Å². The Balaban J connectivity index is 2.40. The van der Waals surface area contributed by atoms with E-state index in [0.717, 1.165) is 0 Å². The SMILES string of the molecule is CC(C)(C)CCC(=O)ON1C(=O)CCC1=O. The summed E-state index contributed by atoms with van der Waals surface area (Å²) in [5.41, 5.74) is 0.0258. The first-order valence-electron chi connectivity index (χ1n) is 5.36. The maximum absolute atomic E-state index is 11.4. The van der Waals surface area contributed by atoms with Crippen LogP contribution in [0.2, 0.25) is 0 Å². The molecule has 1 saturated heterocycles. The zero-order valence-corrected chi connectivity index (χ0v) is 9.91. The van der Waals surface area contributed by atoms with Crippen molar-refractivity contribution >= 4 is 17.8 Å². The highest BCUT2D eigenvalue weighted by molar-refractivity contribution is 6.01. The topological polar surface area (TPSA) is 63.7 Å². The number of imide groups is 1. The smallest absolute Gasteiger partial charge is 0.330 e. The molecular formula is C11H17NO4. The molecule has 90 valence electrons. The summed E-state index contributed by atoms with van der Waals surface area (Å²) >= 11 is 0. The molecule has 0 N–H and O–H groups in total. The summed E-state index contributed by atoms with van der Waals surface area (Å²) in [6.07, 6.45) is 1.12. The van der Waals surface area contributed by atoms with E-state index in [1.54, 1.807) is 0 Å². The third-order valence-electron chi connectivity index (χ3n) is 2.28. The van der Waals surface area contributed by atoms with Crippen LogP contribution < -0.4 is 0 Å². The third-order valence-corrected chi connectivity index (χ3v) is 2.28. The fourth-order valence-electron chi connectivity index (χ4n) is 1.28. The summed E-state index contributed by atoms with van der Waals surface area (Å²) in [6.45, 7) is 6.02. The van der Waals surface area contributed by atoms with Gasteiger partial charge in [0, 0.05) is 19.3 Å². The van der Waals surface area contributed by atoms with Crippen molar-refractivity contribution < 1.29 is 19.2 Å². The van der Waals surface area contributed by atoms with Gasteiger partial charge in [-0.05, 0) is 11.8 Å². The number of carbonyl (C=O) groups excluding carboxylic acids is 3. The summed E-state index contributed by atoms with van der Waals surface area (Å²) in [7, 11) is 0. The van der Waals surface area contributed by atoms with Crippen LogP contribution in [-0.2, 0) is 19.2 Å². The maximum atomic E-state index is 11.4. The second-order valence-corrected chi connectivity index (χ2v) is 5.11. The van der Waals surface area contributed by atoms with Crippen molar-refractivity contribution in [1.29, 1.82) is 0 Å². The molecule has 1 aliphatic heterocycles. The Bertz CT molecular complexity index is 300. The molecule has 16 heavy (non-hydrogen) atoms. The molecule has 0 atom stereocenters. The van der Waals surface area contributed by atoms with E-state index >= 15 is 0 Å². The first-order chi connectivity index (χ1) is 7.29. The molecule has 1 heterocycles. The van der Waals surface area contributed by atoms with E-state index in [0.29, 0.717) is 11.5 Å². The van der Waals surface area contributed by atoms with Crippen LogP contribution in [0.25, 0.3) is 0 Å². The van der Waals surface area contributed by atoms with Gasteiger partial charge in [-0.2, -0.15) is 0 Å². The zero-order chi connectivity index (χ0) is 12.3. The molecule has 0 unspecified atom stereocenters. The van der Waals surface area contributed by atoms with E-state index in [1.165, 1.54) is 0 Å². The average Bonchev–Trinajstić information content (AvgIpc) is 2.45. The molecule has 1 fully saturated rings. The molecule has 0 radical (unpaired) electrons. The van der Waals surface area contributed by atoms with Crippen molar-refractivity contribution in [3.63, 3.8) is 0 Å². The lowest BCUT2D eigenvalue weighted by molar-refractivity contribution is -0.197. The molecule has 0 saturated carbocycles. The van der Waals surface area contributed by atoms with Crippen molar-refractivity contribution in [3.05, 3.63) is 0 Å². The highest BCUT2D eigenvalue weighted by Crippen LogP contribution is 2.21. The lowest BCUT2D eigenvalue weighted by atomic mass is 9.91. The molecule has 0 aromatic rings. The first-order valence-corrected chi connectivity index (χ1v) is 5.36. The Morgan fingerprint density at radius 3 is 2.19 bits per heavy atom. The van der Waals surface area contributed by atoms with Gasteiger partial charge in [-0.15, -0.1) is 5.06 Å². The fourth-order valence-corrected chi connectivity index (χ4v) is 1.28. The lowest BCUT2D eigenvalue weighted by Crippen LogP contribution is -2.32. The molecule has 0 aromatic heterocycles. The second-order valence-electron chi connectivity index (χ2n) is 5.11. The van der Waals surface area contributed by atoms with E-state index in [-0.39, 0.29) is 24.7 Å². The van der Waals surface area contributed by atoms with Gasteiger partial charge < -0.3 is 4.84 Å². The summed E-state index contributed by atoms with van der Waals surface area (Å²) in [5, 5.41) is 0.588. The number of rotatable bonds is 3. The quantitative estimate of drug-likeness (QED) is 0.684. The van der Waals surface area contributed by atoms with Crippen LogP contribution in [0.5, 0.6) is 0 Å². The number of hydrogen-bond acceptors (Lipinski definition) is 4. The molecule has 0 spiro atoms. The van der Waals surface area contributed by atoms with Crippen molar-refractivity contribution in [1.82, 2.24) is 5.06 Å². The van der Waals surface area contributed by atoms with E-state index < -0.39 is 17.8 Å². The lowest BCUT2D eigenvalue weighted by Gasteiger charge is -2.18. The van der Waals surface area contributed by atoms with Crippen LogP contribution in [0, 0.1) is 5.41 Å². The monoisotopic (exact) mass is 227 g/mol. The van der Waals surface area contributed by atoms with Crippen LogP contribution in [-0.4, -0.2) is 22.8 Å². The zero-order valence-electron chi connectivity index (χ0n) is 9.91. The standard InChI is InChI=1S/C11H17NO4/c1-11(2,3)7-6-10(15)16-12-8(13)4-5-9(12)14/h4-7H2,1-3H3. The van der Waals surface area contributed by atoms with Crippen LogP contribution in [0.4, 0.5) is 0 Å². The molecule has 1 aliphatic rings. The highest BCUT2D eigenvalue weighted by atomic mass is 16.7. The summed E-state index contributed by atoms with van der Waals surface area (Å²) < 4.78 is 0. The molecule has 2 amide bonds. The van der Waals surface area contributed by atoms with E-state index in [4.69, 9.17) is 4.84 Å². The Morgan fingerprint density at radius 1 is 1.25 bits per heavy atom. The van der Waals surface area contributed by atoms with Gasteiger partial charge in [0.15, 0.2) is 0 Å². The summed E-state index contributed by atoms with van der Waals surface area (Å²) in [4.78, 5) is 38.4. The molecule has 0 aliphatic carbocycles. The number of carbonyl (C=O) groups is 3. The third kappa shape index (κ3) is 3.64. The van der Waals surface area contributed by atoms with Crippen LogP contribution >= 0.6 is 0 Å². The van der Waals surface area contributed by atoms with Gasteiger partial charge in [0.1, 0.15) is 0 Å². The normalized spacial score (nSPS) is 16.8.